The van der Waals surface area contributed by atoms with Crippen LogP contribution in [0.25, 0.3) is 0 Å². The van der Waals surface area contributed by atoms with Gasteiger partial charge in [0.2, 0.25) is 0 Å². The number of hydrogen-bond donors (Lipinski definition) is 1. The molecule has 0 bridgehead atoms. The van der Waals surface area contributed by atoms with Crippen molar-refractivity contribution >= 4 is 6.09 Å². The highest BCUT2D eigenvalue weighted by Crippen LogP contribution is 2.20. The number of amides is 1. The van der Waals surface area contributed by atoms with Gasteiger partial charge in [-0.05, 0) is 43.9 Å². The van der Waals surface area contributed by atoms with Gasteiger partial charge in [0.1, 0.15) is 5.75 Å². The molecule has 1 aromatic rings. The molecule has 1 atom stereocenters. The van der Waals surface area contributed by atoms with Crippen LogP contribution in [-0.2, 0) is 6.42 Å². The molecule has 0 aliphatic rings. The van der Waals surface area contributed by atoms with Gasteiger partial charge in [-0.25, -0.2) is 4.79 Å². The number of ether oxygens (including phenoxy) is 1. The molecule has 2 N–H and O–H groups in total. The van der Waals surface area contributed by atoms with Gasteiger partial charge in [0, 0.05) is 20.1 Å². The molecule has 100 valence electrons. The summed E-state index contributed by atoms with van der Waals surface area (Å²) in [5, 5.41) is 0. The quantitative estimate of drug-likeness (QED) is 0.892. The molecule has 4 heteroatoms. The second kappa shape index (κ2) is 6.40. The van der Waals surface area contributed by atoms with Crippen molar-refractivity contribution in [3.05, 3.63) is 29.3 Å². The zero-order valence-electron chi connectivity index (χ0n) is 11.6. The number of hydrogen-bond acceptors (Lipinski definition) is 3. The minimum atomic E-state index is -0.360. The second-order valence-corrected chi connectivity index (χ2v) is 4.88. The number of rotatable bonds is 4. The Balaban J connectivity index is 2.70. The predicted molar refractivity (Wildman–Crippen MR) is 72.9 cm³/mol. The summed E-state index contributed by atoms with van der Waals surface area (Å²) in [5.74, 6) is 0.609. The van der Waals surface area contributed by atoms with E-state index in [1.165, 1.54) is 10.5 Å². The van der Waals surface area contributed by atoms with Crippen molar-refractivity contribution in [3.63, 3.8) is 0 Å². The molecule has 0 saturated carbocycles. The van der Waals surface area contributed by atoms with E-state index in [2.05, 4.69) is 0 Å². The van der Waals surface area contributed by atoms with Crippen LogP contribution >= 0.6 is 0 Å². The third-order valence-corrected chi connectivity index (χ3v) is 2.69. The predicted octanol–water partition coefficient (Wildman–Crippen LogP) is 2.34. The van der Waals surface area contributed by atoms with Crippen LogP contribution in [0.1, 0.15) is 24.5 Å². The zero-order valence-corrected chi connectivity index (χ0v) is 11.6. The summed E-state index contributed by atoms with van der Waals surface area (Å²) >= 11 is 0. The van der Waals surface area contributed by atoms with Gasteiger partial charge in [-0.3, -0.25) is 0 Å². The van der Waals surface area contributed by atoms with Crippen LogP contribution in [0.5, 0.6) is 5.75 Å². The van der Waals surface area contributed by atoms with Crippen LogP contribution in [0.4, 0.5) is 4.79 Å². The Kier molecular flexibility index (Phi) is 5.16. The standard InChI is InChI=1S/C14H22N2O2/c1-10-9-12(6-5-11(2)15)7-8-13(10)18-14(17)16(3)4/h7-9,11H,5-6,15H2,1-4H3. The minimum Gasteiger partial charge on any atom is -0.410 e. The molecule has 0 spiro atoms. The molecular formula is C14H22N2O2. The van der Waals surface area contributed by atoms with E-state index in [0.717, 1.165) is 18.4 Å². The van der Waals surface area contributed by atoms with E-state index in [0.29, 0.717) is 5.75 Å². The van der Waals surface area contributed by atoms with Crippen LogP contribution < -0.4 is 10.5 Å². The van der Waals surface area contributed by atoms with Crippen molar-refractivity contribution in [2.45, 2.75) is 32.7 Å². The molecule has 0 aliphatic heterocycles. The first-order valence-corrected chi connectivity index (χ1v) is 6.14. The maximum atomic E-state index is 11.5. The SMILES string of the molecule is Cc1cc(CCC(C)N)ccc1OC(=O)N(C)C. The average molecular weight is 250 g/mol. The Morgan fingerprint density at radius 3 is 2.61 bits per heavy atom. The molecule has 0 saturated heterocycles. The van der Waals surface area contributed by atoms with Crippen LogP contribution in [0.3, 0.4) is 0 Å². The number of carbonyl (C=O) groups is 1. The van der Waals surface area contributed by atoms with Gasteiger partial charge in [-0.15, -0.1) is 0 Å². The topological polar surface area (TPSA) is 55.6 Å². The zero-order chi connectivity index (χ0) is 13.7. The molecule has 1 rings (SSSR count). The largest absolute Gasteiger partial charge is 0.414 e. The normalized spacial score (nSPS) is 12.1. The highest BCUT2D eigenvalue weighted by atomic mass is 16.6. The molecule has 1 amide bonds. The van der Waals surface area contributed by atoms with Gasteiger partial charge in [0.25, 0.3) is 0 Å². The lowest BCUT2D eigenvalue weighted by Gasteiger charge is -2.13. The molecule has 18 heavy (non-hydrogen) atoms. The fourth-order valence-electron chi connectivity index (χ4n) is 1.56. The summed E-state index contributed by atoms with van der Waals surface area (Å²) in [7, 11) is 3.32. The molecule has 0 radical (unpaired) electrons. The molecule has 1 unspecified atom stereocenters. The summed E-state index contributed by atoms with van der Waals surface area (Å²) in [4.78, 5) is 12.9. The lowest BCUT2D eigenvalue weighted by atomic mass is 10.0. The van der Waals surface area contributed by atoms with Crippen molar-refractivity contribution in [1.82, 2.24) is 4.90 Å². The molecule has 4 nitrogen and oxygen atoms in total. The Labute approximate surface area is 109 Å². The van der Waals surface area contributed by atoms with Crippen molar-refractivity contribution in [2.75, 3.05) is 14.1 Å². The summed E-state index contributed by atoms with van der Waals surface area (Å²) in [5.41, 5.74) is 7.91. The monoisotopic (exact) mass is 250 g/mol. The average Bonchev–Trinajstić information content (AvgIpc) is 2.29. The van der Waals surface area contributed by atoms with E-state index in [-0.39, 0.29) is 12.1 Å². The van der Waals surface area contributed by atoms with Crippen molar-refractivity contribution in [1.29, 1.82) is 0 Å². The Morgan fingerprint density at radius 1 is 1.44 bits per heavy atom. The lowest BCUT2D eigenvalue weighted by Crippen LogP contribution is -2.25. The smallest absolute Gasteiger partial charge is 0.410 e. The Hall–Kier alpha value is -1.55. The van der Waals surface area contributed by atoms with Crippen LogP contribution in [-0.4, -0.2) is 31.1 Å². The van der Waals surface area contributed by atoms with Crippen LogP contribution in [0.15, 0.2) is 18.2 Å². The van der Waals surface area contributed by atoms with E-state index in [4.69, 9.17) is 10.5 Å². The van der Waals surface area contributed by atoms with Crippen molar-refractivity contribution < 1.29 is 9.53 Å². The van der Waals surface area contributed by atoms with E-state index in [9.17, 15) is 4.79 Å². The second-order valence-electron chi connectivity index (χ2n) is 4.88. The maximum Gasteiger partial charge on any atom is 0.414 e. The van der Waals surface area contributed by atoms with Gasteiger partial charge in [-0.2, -0.15) is 0 Å². The van der Waals surface area contributed by atoms with Gasteiger partial charge in [0.15, 0.2) is 0 Å². The number of nitrogens with zero attached hydrogens (tertiary/aromatic N) is 1. The lowest BCUT2D eigenvalue weighted by molar-refractivity contribution is 0.171. The highest BCUT2D eigenvalue weighted by molar-refractivity contribution is 5.70. The molecule has 0 aromatic heterocycles. The molecular weight excluding hydrogens is 228 g/mol. The number of aryl methyl sites for hydroxylation is 2. The summed E-state index contributed by atoms with van der Waals surface area (Å²) in [6, 6.07) is 6.07. The number of carbonyl (C=O) groups excluding carboxylic acids is 1. The van der Waals surface area contributed by atoms with E-state index >= 15 is 0 Å². The van der Waals surface area contributed by atoms with E-state index in [1.54, 1.807) is 14.1 Å². The minimum absolute atomic E-state index is 0.205. The Bertz CT molecular complexity index is 414. The summed E-state index contributed by atoms with van der Waals surface area (Å²) in [6.45, 7) is 3.94. The fourth-order valence-corrected chi connectivity index (χ4v) is 1.56. The molecule has 0 heterocycles. The van der Waals surface area contributed by atoms with Crippen LogP contribution in [0, 0.1) is 6.92 Å². The first-order valence-electron chi connectivity index (χ1n) is 6.14. The highest BCUT2D eigenvalue weighted by Gasteiger charge is 2.09. The first-order chi connectivity index (χ1) is 8.40. The Morgan fingerprint density at radius 2 is 2.11 bits per heavy atom. The van der Waals surface area contributed by atoms with Gasteiger partial charge < -0.3 is 15.4 Å². The maximum absolute atomic E-state index is 11.5. The number of benzene rings is 1. The third kappa shape index (κ3) is 4.37. The summed E-state index contributed by atoms with van der Waals surface area (Å²) in [6.07, 6.45) is 1.54. The van der Waals surface area contributed by atoms with Gasteiger partial charge >= 0.3 is 6.09 Å². The van der Waals surface area contributed by atoms with Gasteiger partial charge in [-0.1, -0.05) is 12.1 Å². The third-order valence-electron chi connectivity index (χ3n) is 2.69. The summed E-state index contributed by atoms with van der Waals surface area (Å²) < 4.78 is 5.25. The fraction of sp³-hybridized carbons (Fsp3) is 0.500. The first kappa shape index (κ1) is 14.5. The molecule has 0 fully saturated rings. The van der Waals surface area contributed by atoms with E-state index in [1.807, 2.05) is 32.0 Å². The number of nitrogens with two attached hydrogens (primary N) is 1. The molecule has 1 aromatic carbocycles. The van der Waals surface area contributed by atoms with Gasteiger partial charge in [0.05, 0.1) is 0 Å². The van der Waals surface area contributed by atoms with Crippen LogP contribution in [0.2, 0.25) is 0 Å². The van der Waals surface area contributed by atoms with E-state index < -0.39 is 0 Å². The van der Waals surface area contributed by atoms with Crippen molar-refractivity contribution in [2.24, 2.45) is 5.73 Å². The molecule has 0 aliphatic carbocycles. The van der Waals surface area contributed by atoms with Crippen molar-refractivity contribution in [3.8, 4) is 5.75 Å².